The summed E-state index contributed by atoms with van der Waals surface area (Å²) >= 11 is 5.35. The van der Waals surface area contributed by atoms with Gasteiger partial charge in [-0.05, 0) is 0 Å². The number of nitrogens with one attached hydrogen (secondary N) is 1. The Morgan fingerprint density at radius 3 is 3.00 bits per heavy atom. The molecule has 0 rings (SSSR count). The molecule has 4 nitrogen and oxygen atoms in total. The lowest BCUT2D eigenvalue weighted by Gasteiger charge is -2.01. The minimum Gasteiger partial charge on any atom is -0.377 e. The number of ketones is 1. The molecule has 0 aliphatic rings. The normalized spacial score (nSPS) is 12.1. The number of carbonyl (C=O) groups is 1. The number of rotatable bonds is 7. The molecule has 1 N–H and O–H groups in total. The minimum absolute atomic E-state index is 0.185. The van der Waals surface area contributed by atoms with Crippen LogP contribution in [0, 0.1) is 5.53 Å². The summed E-state index contributed by atoms with van der Waals surface area (Å²) < 4.78 is 4.95. The van der Waals surface area contributed by atoms with Crippen molar-refractivity contribution >= 4 is 17.4 Å². The predicted molar refractivity (Wildman–Crippen MR) is 45.4 cm³/mol. The molecule has 12 heavy (non-hydrogen) atoms. The van der Waals surface area contributed by atoms with E-state index in [0.717, 1.165) is 0 Å². The summed E-state index contributed by atoms with van der Waals surface area (Å²) in [6, 6.07) is 0. The van der Waals surface area contributed by atoms with E-state index in [4.69, 9.17) is 21.9 Å². The monoisotopic (exact) mass is 190 g/mol. The van der Waals surface area contributed by atoms with Gasteiger partial charge in [-0.25, -0.2) is 5.53 Å². The van der Waals surface area contributed by atoms with Gasteiger partial charge in [0.15, 0.2) is 5.78 Å². The van der Waals surface area contributed by atoms with E-state index in [0.29, 0.717) is 13.2 Å². The summed E-state index contributed by atoms with van der Waals surface area (Å²) in [5.74, 6) is -0.296. The highest BCUT2D eigenvalue weighted by atomic mass is 35.5. The molecule has 0 aromatic heterocycles. The standard InChI is InChI=1S/C7H11ClN2O2/c1-2-4-12-5-3-6(11)7(8)10-9/h2,7,9H,1,3-5H2. The van der Waals surface area contributed by atoms with Crippen LogP contribution >= 0.6 is 11.6 Å². The van der Waals surface area contributed by atoms with Crippen LogP contribution in [0.2, 0.25) is 0 Å². The van der Waals surface area contributed by atoms with Crippen LogP contribution in [0.25, 0.3) is 0 Å². The van der Waals surface area contributed by atoms with E-state index in [2.05, 4.69) is 11.7 Å². The number of carbonyl (C=O) groups excluding carboxylic acids is 1. The molecule has 0 saturated heterocycles. The van der Waals surface area contributed by atoms with E-state index in [1.165, 1.54) is 0 Å². The van der Waals surface area contributed by atoms with Gasteiger partial charge in [0, 0.05) is 6.42 Å². The average molecular weight is 191 g/mol. The Morgan fingerprint density at radius 2 is 2.50 bits per heavy atom. The molecular weight excluding hydrogens is 180 g/mol. The van der Waals surface area contributed by atoms with Gasteiger partial charge in [0.1, 0.15) is 0 Å². The molecule has 0 fully saturated rings. The van der Waals surface area contributed by atoms with Crippen LogP contribution in [0.3, 0.4) is 0 Å². The second kappa shape index (κ2) is 6.94. The fourth-order valence-corrected chi connectivity index (χ4v) is 0.640. The maximum Gasteiger partial charge on any atom is 0.201 e. The maximum absolute atomic E-state index is 10.9. The number of hydrogen-bond acceptors (Lipinski definition) is 4. The van der Waals surface area contributed by atoms with Crippen molar-refractivity contribution in [2.24, 2.45) is 5.11 Å². The first kappa shape index (κ1) is 11.3. The van der Waals surface area contributed by atoms with Crippen LogP contribution in [0.4, 0.5) is 0 Å². The highest BCUT2D eigenvalue weighted by molar-refractivity contribution is 6.30. The van der Waals surface area contributed by atoms with Gasteiger partial charge in [-0.2, -0.15) is 5.11 Å². The van der Waals surface area contributed by atoms with Crippen LogP contribution in [0.5, 0.6) is 0 Å². The lowest BCUT2D eigenvalue weighted by molar-refractivity contribution is -0.119. The van der Waals surface area contributed by atoms with Crippen molar-refractivity contribution in [2.75, 3.05) is 13.2 Å². The van der Waals surface area contributed by atoms with E-state index in [1.54, 1.807) is 6.08 Å². The molecule has 0 aromatic rings. The molecule has 1 unspecified atom stereocenters. The third kappa shape index (κ3) is 4.98. The van der Waals surface area contributed by atoms with Gasteiger partial charge in [-0.3, -0.25) is 4.79 Å². The van der Waals surface area contributed by atoms with Crippen LogP contribution in [-0.2, 0) is 9.53 Å². The average Bonchev–Trinajstić information content (AvgIpc) is 2.10. The highest BCUT2D eigenvalue weighted by Crippen LogP contribution is 2.01. The Labute approximate surface area is 76.1 Å². The predicted octanol–water partition coefficient (Wildman–Crippen LogP) is 1.74. The molecular formula is C7H11ClN2O2. The number of halogens is 1. The molecule has 0 radical (unpaired) electrons. The molecule has 0 saturated carbocycles. The Hall–Kier alpha value is -0.740. The van der Waals surface area contributed by atoms with Gasteiger partial charge in [0.25, 0.3) is 0 Å². The summed E-state index contributed by atoms with van der Waals surface area (Å²) in [4.78, 5) is 10.9. The van der Waals surface area contributed by atoms with Crippen molar-refractivity contribution in [3.05, 3.63) is 12.7 Å². The van der Waals surface area contributed by atoms with Crippen LogP contribution in [0.1, 0.15) is 6.42 Å². The van der Waals surface area contributed by atoms with Gasteiger partial charge < -0.3 is 4.74 Å². The first-order chi connectivity index (χ1) is 5.72. The SMILES string of the molecule is C=CCOCCC(=O)C(Cl)N=N. The fraction of sp³-hybridized carbons (Fsp3) is 0.571. The largest absolute Gasteiger partial charge is 0.377 e. The summed E-state index contributed by atoms with van der Waals surface area (Å²) in [6.07, 6.45) is 1.78. The second-order valence-corrected chi connectivity index (χ2v) is 2.46. The zero-order valence-electron chi connectivity index (χ0n) is 6.62. The molecule has 0 aliphatic heterocycles. The lowest BCUT2D eigenvalue weighted by Crippen LogP contribution is -2.13. The molecule has 1 atom stereocenters. The number of ether oxygens (including phenoxy) is 1. The summed E-state index contributed by atoms with van der Waals surface area (Å²) in [5.41, 5.74) is 5.41. The number of nitrogens with zero attached hydrogens (tertiary/aromatic N) is 1. The minimum atomic E-state index is -1.06. The Morgan fingerprint density at radius 1 is 1.83 bits per heavy atom. The molecule has 0 aromatic carbocycles. The zero-order chi connectivity index (χ0) is 9.40. The summed E-state index contributed by atoms with van der Waals surface area (Å²) in [6.45, 7) is 4.15. The molecule has 0 amide bonds. The summed E-state index contributed by atoms with van der Waals surface area (Å²) in [7, 11) is 0. The van der Waals surface area contributed by atoms with Crippen molar-refractivity contribution in [2.45, 2.75) is 11.9 Å². The van der Waals surface area contributed by atoms with Crippen molar-refractivity contribution in [1.82, 2.24) is 0 Å². The van der Waals surface area contributed by atoms with Gasteiger partial charge >= 0.3 is 0 Å². The molecule has 0 bridgehead atoms. The molecule has 0 spiro atoms. The summed E-state index contributed by atoms with van der Waals surface area (Å²) in [5, 5.41) is 2.88. The number of Topliss-reactive ketones (excluding diaryl/α,β-unsaturated/α-hetero) is 1. The molecule has 5 heteroatoms. The van der Waals surface area contributed by atoms with Gasteiger partial charge in [-0.1, -0.05) is 17.7 Å². The highest BCUT2D eigenvalue weighted by Gasteiger charge is 2.12. The Bertz CT molecular complexity index is 173. The van der Waals surface area contributed by atoms with Crippen LogP contribution in [0.15, 0.2) is 17.8 Å². The van der Waals surface area contributed by atoms with Crippen LogP contribution in [-0.4, -0.2) is 24.5 Å². The van der Waals surface area contributed by atoms with Crippen molar-refractivity contribution in [3.63, 3.8) is 0 Å². The zero-order valence-corrected chi connectivity index (χ0v) is 7.38. The van der Waals surface area contributed by atoms with Crippen LogP contribution < -0.4 is 0 Å². The molecule has 0 aliphatic carbocycles. The van der Waals surface area contributed by atoms with E-state index in [1.807, 2.05) is 0 Å². The Balaban J connectivity index is 3.43. The smallest absolute Gasteiger partial charge is 0.201 e. The van der Waals surface area contributed by atoms with Gasteiger partial charge in [0.2, 0.25) is 5.50 Å². The van der Waals surface area contributed by atoms with Gasteiger partial charge in [0.05, 0.1) is 13.2 Å². The third-order valence-electron chi connectivity index (χ3n) is 1.11. The van der Waals surface area contributed by atoms with E-state index in [-0.39, 0.29) is 12.2 Å². The molecule has 68 valence electrons. The first-order valence-corrected chi connectivity index (χ1v) is 3.88. The number of hydrogen-bond donors (Lipinski definition) is 1. The van der Waals surface area contributed by atoms with Crippen molar-refractivity contribution < 1.29 is 9.53 Å². The third-order valence-corrected chi connectivity index (χ3v) is 1.45. The van der Waals surface area contributed by atoms with E-state index >= 15 is 0 Å². The van der Waals surface area contributed by atoms with Gasteiger partial charge in [-0.15, -0.1) is 6.58 Å². The maximum atomic E-state index is 10.9. The van der Waals surface area contributed by atoms with Crippen molar-refractivity contribution in [3.8, 4) is 0 Å². The number of alkyl halides is 1. The quantitative estimate of drug-likeness (QED) is 0.219. The topological polar surface area (TPSA) is 62.5 Å². The second-order valence-electron chi connectivity index (χ2n) is 2.04. The first-order valence-electron chi connectivity index (χ1n) is 3.44. The fourth-order valence-electron chi connectivity index (χ4n) is 0.531. The Kier molecular flexibility index (Phi) is 6.51. The van der Waals surface area contributed by atoms with E-state index in [9.17, 15) is 4.79 Å². The van der Waals surface area contributed by atoms with Crippen molar-refractivity contribution in [1.29, 1.82) is 5.53 Å². The van der Waals surface area contributed by atoms with E-state index < -0.39 is 5.50 Å². The lowest BCUT2D eigenvalue weighted by atomic mass is 10.3. The molecule has 0 heterocycles.